The first-order valence-electron chi connectivity index (χ1n) is 6.93. The standard InChI is InChI=1S/C17H21NO4/c1-20-15-10-9-14(16(11-15)21-2)12-18(19)17(22-3)13-7-5-4-6-8-13/h4-11,17,19H,12H2,1-3H3. The summed E-state index contributed by atoms with van der Waals surface area (Å²) < 4.78 is 15.9. The van der Waals surface area contributed by atoms with E-state index in [9.17, 15) is 5.21 Å². The van der Waals surface area contributed by atoms with Gasteiger partial charge in [0.15, 0.2) is 6.23 Å². The van der Waals surface area contributed by atoms with Crippen LogP contribution in [0.4, 0.5) is 0 Å². The number of hydroxylamine groups is 2. The molecular weight excluding hydrogens is 282 g/mol. The minimum Gasteiger partial charge on any atom is -0.497 e. The van der Waals surface area contributed by atoms with Crippen LogP contribution >= 0.6 is 0 Å². The minimum atomic E-state index is -0.548. The molecule has 0 saturated heterocycles. The third kappa shape index (κ3) is 3.76. The van der Waals surface area contributed by atoms with Gasteiger partial charge in [-0.2, -0.15) is 5.06 Å². The molecule has 118 valence electrons. The van der Waals surface area contributed by atoms with Crippen LogP contribution in [0.3, 0.4) is 0 Å². The van der Waals surface area contributed by atoms with Gasteiger partial charge in [-0.25, -0.2) is 0 Å². The maximum absolute atomic E-state index is 10.4. The van der Waals surface area contributed by atoms with E-state index in [-0.39, 0.29) is 6.54 Å². The van der Waals surface area contributed by atoms with E-state index in [0.717, 1.165) is 16.2 Å². The molecule has 0 aliphatic carbocycles. The quantitative estimate of drug-likeness (QED) is 0.628. The summed E-state index contributed by atoms with van der Waals surface area (Å²) >= 11 is 0. The van der Waals surface area contributed by atoms with Gasteiger partial charge in [0.1, 0.15) is 11.5 Å². The molecule has 1 unspecified atom stereocenters. The summed E-state index contributed by atoms with van der Waals surface area (Å²) in [6, 6.07) is 15.0. The molecule has 2 aromatic carbocycles. The molecule has 0 aliphatic rings. The van der Waals surface area contributed by atoms with Gasteiger partial charge in [-0.1, -0.05) is 36.4 Å². The van der Waals surface area contributed by atoms with Gasteiger partial charge < -0.3 is 19.4 Å². The van der Waals surface area contributed by atoms with Gasteiger partial charge in [-0.15, -0.1) is 0 Å². The van der Waals surface area contributed by atoms with E-state index in [1.54, 1.807) is 27.4 Å². The minimum absolute atomic E-state index is 0.264. The first kappa shape index (κ1) is 16.3. The van der Waals surface area contributed by atoms with Gasteiger partial charge >= 0.3 is 0 Å². The zero-order valence-corrected chi connectivity index (χ0v) is 13.0. The van der Waals surface area contributed by atoms with Crippen molar-refractivity contribution in [2.24, 2.45) is 0 Å². The van der Waals surface area contributed by atoms with Crippen LogP contribution in [-0.4, -0.2) is 31.6 Å². The molecule has 5 heteroatoms. The Kier molecular flexibility index (Phi) is 5.77. The van der Waals surface area contributed by atoms with Gasteiger partial charge in [-0.3, -0.25) is 0 Å². The Morgan fingerprint density at radius 1 is 1.00 bits per heavy atom. The van der Waals surface area contributed by atoms with E-state index < -0.39 is 6.23 Å². The largest absolute Gasteiger partial charge is 0.497 e. The van der Waals surface area contributed by atoms with Crippen molar-refractivity contribution in [1.82, 2.24) is 5.06 Å². The molecule has 22 heavy (non-hydrogen) atoms. The van der Waals surface area contributed by atoms with E-state index in [1.807, 2.05) is 42.5 Å². The van der Waals surface area contributed by atoms with Crippen molar-refractivity contribution in [1.29, 1.82) is 0 Å². The van der Waals surface area contributed by atoms with Crippen molar-refractivity contribution in [3.63, 3.8) is 0 Å². The molecule has 5 nitrogen and oxygen atoms in total. The number of benzene rings is 2. The monoisotopic (exact) mass is 303 g/mol. The predicted octanol–water partition coefficient (Wildman–Crippen LogP) is 3.24. The molecule has 2 rings (SSSR count). The number of ether oxygens (including phenoxy) is 3. The second-order valence-electron chi connectivity index (χ2n) is 4.77. The first-order valence-corrected chi connectivity index (χ1v) is 6.93. The molecule has 0 saturated carbocycles. The Morgan fingerprint density at radius 3 is 2.32 bits per heavy atom. The molecule has 0 spiro atoms. The molecule has 0 bridgehead atoms. The van der Waals surface area contributed by atoms with Gasteiger partial charge in [0.2, 0.25) is 0 Å². The second-order valence-corrected chi connectivity index (χ2v) is 4.77. The Labute approximate surface area is 130 Å². The van der Waals surface area contributed by atoms with E-state index >= 15 is 0 Å². The summed E-state index contributed by atoms with van der Waals surface area (Å²) in [6.45, 7) is 0.264. The predicted molar refractivity (Wildman–Crippen MR) is 83.1 cm³/mol. The molecule has 1 atom stereocenters. The molecule has 0 aromatic heterocycles. The Bertz CT molecular complexity index is 588. The normalized spacial score (nSPS) is 12.2. The van der Waals surface area contributed by atoms with Crippen LogP contribution in [0.2, 0.25) is 0 Å². The average Bonchev–Trinajstić information content (AvgIpc) is 2.57. The molecule has 0 aliphatic heterocycles. The fourth-order valence-corrected chi connectivity index (χ4v) is 2.29. The highest BCUT2D eigenvalue weighted by Gasteiger charge is 2.19. The lowest BCUT2D eigenvalue weighted by molar-refractivity contribution is -0.218. The van der Waals surface area contributed by atoms with Gasteiger partial charge in [-0.05, 0) is 11.6 Å². The van der Waals surface area contributed by atoms with Crippen LogP contribution in [-0.2, 0) is 11.3 Å². The highest BCUT2D eigenvalue weighted by molar-refractivity contribution is 5.40. The van der Waals surface area contributed by atoms with Crippen LogP contribution in [0.5, 0.6) is 11.5 Å². The lowest BCUT2D eigenvalue weighted by Crippen LogP contribution is -2.26. The van der Waals surface area contributed by atoms with E-state index in [4.69, 9.17) is 14.2 Å². The second kappa shape index (κ2) is 7.79. The zero-order chi connectivity index (χ0) is 15.9. The summed E-state index contributed by atoms with van der Waals surface area (Å²) in [5.74, 6) is 1.36. The maximum Gasteiger partial charge on any atom is 0.158 e. The van der Waals surface area contributed by atoms with Gasteiger partial charge in [0.25, 0.3) is 0 Å². The fourth-order valence-electron chi connectivity index (χ4n) is 2.29. The number of hydrogen-bond donors (Lipinski definition) is 1. The molecular formula is C17H21NO4. The third-order valence-corrected chi connectivity index (χ3v) is 3.41. The maximum atomic E-state index is 10.4. The van der Waals surface area contributed by atoms with Crippen LogP contribution in [0.15, 0.2) is 48.5 Å². The number of rotatable bonds is 7. The van der Waals surface area contributed by atoms with E-state index in [2.05, 4.69) is 0 Å². The molecule has 0 radical (unpaired) electrons. The number of nitrogens with zero attached hydrogens (tertiary/aromatic N) is 1. The third-order valence-electron chi connectivity index (χ3n) is 3.41. The summed E-state index contributed by atoms with van der Waals surface area (Å²) in [4.78, 5) is 0. The topological polar surface area (TPSA) is 51.2 Å². The molecule has 0 fully saturated rings. The SMILES string of the molecule is COc1ccc(CN(O)C(OC)c2ccccc2)c(OC)c1. The molecule has 1 N–H and O–H groups in total. The fraction of sp³-hybridized carbons (Fsp3) is 0.294. The molecule has 2 aromatic rings. The molecule has 0 heterocycles. The van der Waals surface area contributed by atoms with E-state index in [0.29, 0.717) is 11.5 Å². The Hall–Kier alpha value is -2.08. The van der Waals surface area contributed by atoms with Crippen LogP contribution in [0.1, 0.15) is 17.4 Å². The van der Waals surface area contributed by atoms with Crippen molar-refractivity contribution in [3.8, 4) is 11.5 Å². The van der Waals surface area contributed by atoms with Crippen molar-refractivity contribution in [2.45, 2.75) is 12.8 Å². The molecule has 0 amide bonds. The summed E-state index contributed by atoms with van der Waals surface area (Å²) in [5, 5.41) is 11.5. The zero-order valence-electron chi connectivity index (χ0n) is 13.0. The summed E-state index contributed by atoms with van der Waals surface area (Å²) in [6.07, 6.45) is -0.548. The lowest BCUT2D eigenvalue weighted by atomic mass is 10.1. The Balaban J connectivity index is 2.18. The van der Waals surface area contributed by atoms with Gasteiger partial charge in [0.05, 0.1) is 20.8 Å². The smallest absolute Gasteiger partial charge is 0.158 e. The summed E-state index contributed by atoms with van der Waals surface area (Å²) in [7, 11) is 4.75. The van der Waals surface area contributed by atoms with Crippen molar-refractivity contribution in [3.05, 3.63) is 59.7 Å². The summed E-state index contributed by atoms with van der Waals surface area (Å²) in [5.41, 5.74) is 1.71. The van der Waals surface area contributed by atoms with Crippen molar-refractivity contribution < 1.29 is 19.4 Å². The lowest BCUT2D eigenvalue weighted by Gasteiger charge is -2.25. The van der Waals surface area contributed by atoms with Crippen molar-refractivity contribution in [2.75, 3.05) is 21.3 Å². The van der Waals surface area contributed by atoms with Crippen molar-refractivity contribution >= 4 is 0 Å². The first-order chi connectivity index (χ1) is 10.7. The average molecular weight is 303 g/mol. The number of hydrogen-bond acceptors (Lipinski definition) is 5. The van der Waals surface area contributed by atoms with Crippen LogP contribution in [0, 0.1) is 0 Å². The highest BCUT2D eigenvalue weighted by atomic mass is 16.6. The number of methoxy groups -OCH3 is 3. The van der Waals surface area contributed by atoms with Crippen LogP contribution in [0.25, 0.3) is 0 Å². The van der Waals surface area contributed by atoms with Gasteiger partial charge in [0, 0.05) is 18.7 Å². The Morgan fingerprint density at radius 2 is 1.73 bits per heavy atom. The van der Waals surface area contributed by atoms with Crippen LogP contribution < -0.4 is 9.47 Å². The highest BCUT2D eigenvalue weighted by Crippen LogP contribution is 2.28. The van der Waals surface area contributed by atoms with E-state index in [1.165, 1.54) is 0 Å².